The number of hydrogen-bond donors (Lipinski definition) is 2. The predicted molar refractivity (Wildman–Crippen MR) is 64.8 cm³/mol. The van der Waals surface area contributed by atoms with E-state index in [1.54, 1.807) is 14.2 Å². The van der Waals surface area contributed by atoms with Crippen LogP contribution in [-0.2, 0) is 13.6 Å². The molecule has 0 saturated heterocycles. The summed E-state index contributed by atoms with van der Waals surface area (Å²) in [5.41, 5.74) is 0. The van der Waals surface area contributed by atoms with Crippen LogP contribution in [0.15, 0.2) is 0 Å². The normalized spacial score (nSPS) is 11.7. The Bertz CT molecular complexity index is 197. The summed E-state index contributed by atoms with van der Waals surface area (Å²) in [5, 5.41) is 11.5. The molecule has 6 heteroatoms. The molecule has 16 heavy (non-hydrogen) atoms. The van der Waals surface area contributed by atoms with Gasteiger partial charge in [-0.05, 0) is 25.6 Å². The number of carboxylic acids is 1. The summed E-state index contributed by atoms with van der Waals surface area (Å²) in [7, 11) is 1.48. The maximum atomic E-state index is 10.2. The molecule has 0 aliphatic heterocycles. The SMILES string of the molecule is CO[Si](C)(CCCCNCCC(=O)O)OC. The van der Waals surface area contributed by atoms with Crippen molar-refractivity contribution in [1.29, 1.82) is 0 Å². The Hall–Kier alpha value is -0.433. The number of carboxylic acid groups (broad SMARTS) is 1. The van der Waals surface area contributed by atoms with Crippen LogP contribution in [0.3, 0.4) is 0 Å². The van der Waals surface area contributed by atoms with Gasteiger partial charge in [-0.25, -0.2) is 0 Å². The Labute approximate surface area is 98.4 Å². The van der Waals surface area contributed by atoms with Crippen molar-refractivity contribution in [3.63, 3.8) is 0 Å². The first-order chi connectivity index (χ1) is 7.54. The highest BCUT2D eigenvalue weighted by Gasteiger charge is 2.27. The molecule has 0 aromatic rings. The molecule has 0 unspecified atom stereocenters. The first-order valence-electron chi connectivity index (χ1n) is 5.57. The average molecular weight is 249 g/mol. The molecule has 5 nitrogen and oxygen atoms in total. The Kier molecular flexibility index (Phi) is 8.45. The molecule has 0 rings (SSSR count). The van der Waals surface area contributed by atoms with Crippen LogP contribution in [0.1, 0.15) is 19.3 Å². The number of hydrogen-bond acceptors (Lipinski definition) is 4. The van der Waals surface area contributed by atoms with E-state index in [2.05, 4.69) is 5.32 Å². The Morgan fingerprint density at radius 2 is 1.88 bits per heavy atom. The first-order valence-corrected chi connectivity index (χ1v) is 8.09. The lowest BCUT2D eigenvalue weighted by molar-refractivity contribution is -0.136. The van der Waals surface area contributed by atoms with Crippen molar-refractivity contribution in [2.45, 2.75) is 31.9 Å². The molecule has 0 spiro atoms. The largest absolute Gasteiger partial charge is 0.481 e. The number of nitrogens with one attached hydrogen (secondary N) is 1. The highest BCUT2D eigenvalue weighted by molar-refractivity contribution is 6.65. The van der Waals surface area contributed by atoms with Crippen LogP contribution in [0, 0.1) is 0 Å². The zero-order chi connectivity index (χ0) is 12.4. The molecular formula is C10H23NO4Si. The van der Waals surface area contributed by atoms with Crippen LogP contribution < -0.4 is 5.32 Å². The Balaban J connectivity index is 3.36. The average Bonchev–Trinajstić information content (AvgIpc) is 2.27. The van der Waals surface area contributed by atoms with Gasteiger partial charge in [0.15, 0.2) is 0 Å². The minimum absolute atomic E-state index is 0.183. The second kappa shape index (κ2) is 8.69. The third-order valence-electron chi connectivity index (χ3n) is 2.61. The second-order valence-electron chi connectivity index (χ2n) is 3.89. The fraction of sp³-hybridized carbons (Fsp3) is 0.900. The van der Waals surface area contributed by atoms with E-state index in [1.165, 1.54) is 0 Å². The van der Waals surface area contributed by atoms with E-state index < -0.39 is 14.5 Å². The number of rotatable bonds is 10. The molecule has 0 aromatic carbocycles. The van der Waals surface area contributed by atoms with Crippen LogP contribution in [0.25, 0.3) is 0 Å². The molecule has 0 aliphatic rings. The minimum Gasteiger partial charge on any atom is -0.481 e. The zero-order valence-electron chi connectivity index (χ0n) is 10.4. The maximum Gasteiger partial charge on any atom is 0.334 e. The van der Waals surface area contributed by atoms with Crippen molar-refractivity contribution in [2.75, 3.05) is 27.3 Å². The van der Waals surface area contributed by atoms with Gasteiger partial charge in [0, 0.05) is 20.8 Å². The van der Waals surface area contributed by atoms with Gasteiger partial charge in [0.25, 0.3) is 0 Å². The summed E-state index contributed by atoms with van der Waals surface area (Å²) in [5.74, 6) is -0.758. The van der Waals surface area contributed by atoms with Crippen LogP contribution in [0.4, 0.5) is 0 Å². The van der Waals surface area contributed by atoms with E-state index in [9.17, 15) is 4.79 Å². The van der Waals surface area contributed by atoms with Gasteiger partial charge in [-0.2, -0.15) is 0 Å². The number of aliphatic carboxylic acids is 1. The Morgan fingerprint density at radius 3 is 2.38 bits per heavy atom. The molecule has 0 fully saturated rings. The van der Waals surface area contributed by atoms with Gasteiger partial charge in [-0.1, -0.05) is 6.42 Å². The monoisotopic (exact) mass is 249 g/mol. The topological polar surface area (TPSA) is 67.8 Å². The Morgan fingerprint density at radius 1 is 1.25 bits per heavy atom. The van der Waals surface area contributed by atoms with Crippen molar-refractivity contribution in [3.05, 3.63) is 0 Å². The van der Waals surface area contributed by atoms with E-state index in [1.807, 2.05) is 6.55 Å². The quantitative estimate of drug-likeness (QED) is 0.450. The lowest BCUT2D eigenvalue weighted by atomic mass is 10.3. The van der Waals surface area contributed by atoms with Gasteiger partial charge < -0.3 is 19.3 Å². The molecule has 0 bridgehead atoms. The van der Waals surface area contributed by atoms with Crippen LogP contribution in [0.2, 0.25) is 12.6 Å². The summed E-state index contributed by atoms with van der Waals surface area (Å²) in [6.07, 6.45) is 2.25. The van der Waals surface area contributed by atoms with Crippen molar-refractivity contribution in [3.8, 4) is 0 Å². The third kappa shape index (κ3) is 7.81. The third-order valence-corrected chi connectivity index (χ3v) is 5.60. The molecule has 2 N–H and O–H groups in total. The second-order valence-corrected chi connectivity index (χ2v) is 7.48. The van der Waals surface area contributed by atoms with Gasteiger partial charge in [-0.3, -0.25) is 4.79 Å². The zero-order valence-corrected chi connectivity index (χ0v) is 11.4. The number of carbonyl (C=O) groups is 1. The van der Waals surface area contributed by atoms with E-state index in [4.69, 9.17) is 14.0 Å². The smallest absolute Gasteiger partial charge is 0.334 e. The van der Waals surface area contributed by atoms with Crippen LogP contribution in [0.5, 0.6) is 0 Å². The lowest BCUT2D eigenvalue weighted by Gasteiger charge is -2.22. The van der Waals surface area contributed by atoms with E-state index in [-0.39, 0.29) is 6.42 Å². The van der Waals surface area contributed by atoms with Gasteiger partial charge in [0.05, 0.1) is 6.42 Å². The summed E-state index contributed by atoms with van der Waals surface area (Å²) >= 11 is 0. The minimum atomic E-state index is -1.91. The summed E-state index contributed by atoms with van der Waals surface area (Å²) < 4.78 is 10.7. The summed E-state index contributed by atoms with van der Waals surface area (Å²) in [4.78, 5) is 10.2. The molecule has 0 amide bonds. The molecule has 0 heterocycles. The number of unbranched alkanes of at least 4 members (excludes halogenated alkanes) is 1. The fourth-order valence-corrected chi connectivity index (χ4v) is 2.77. The van der Waals surface area contributed by atoms with Crippen LogP contribution in [-0.4, -0.2) is 46.9 Å². The van der Waals surface area contributed by atoms with E-state index >= 15 is 0 Å². The maximum absolute atomic E-state index is 10.2. The van der Waals surface area contributed by atoms with Crippen molar-refractivity contribution >= 4 is 14.5 Å². The van der Waals surface area contributed by atoms with Gasteiger partial charge in [0.2, 0.25) is 0 Å². The van der Waals surface area contributed by atoms with Gasteiger partial charge >= 0.3 is 14.5 Å². The highest BCUT2D eigenvalue weighted by Crippen LogP contribution is 2.14. The molecule has 0 saturated carbocycles. The van der Waals surface area contributed by atoms with Gasteiger partial charge in [-0.15, -0.1) is 0 Å². The van der Waals surface area contributed by atoms with E-state index in [0.717, 1.165) is 25.4 Å². The molecule has 0 atom stereocenters. The molecule has 96 valence electrons. The first kappa shape index (κ1) is 15.6. The molecular weight excluding hydrogens is 226 g/mol. The van der Waals surface area contributed by atoms with Gasteiger partial charge in [0.1, 0.15) is 0 Å². The van der Waals surface area contributed by atoms with Crippen molar-refractivity contribution in [1.82, 2.24) is 5.32 Å². The highest BCUT2D eigenvalue weighted by atomic mass is 28.4. The molecule has 0 radical (unpaired) electrons. The predicted octanol–water partition coefficient (Wildman–Crippen LogP) is 1.20. The molecule has 0 aliphatic carbocycles. The van der Waals surface area contributed by atoms with E-state index in [0.29, 0.717) is 6.54 Å². The lowest BCUT2D eigenvalue weighted by Crippen LogP contribution is -2.35. The standard InChI is InChI=1S/C10H23NO4Si/c1-14-16(3,15-2)9-5-4-7-11-8-6-10(12)13/h11H,4-9H2,1-3H3,(H,12,13). The van der Waals surface area contributed by atoms with Crippen molar-refractivity contribution in [2.24, 2.45) is 0 Å². The van der Waals surface area contributed by atoms with Crippen LogP contribution >= 0.6 is 0 Å². The summed E-state index contributed by atoms with van der Waals surface area (Å²) in [6.45, 7) is 3.44. The summed E-state index contributed by atoms with van der Waals surface area (Å²) in [6, 6.07) is 0.973. The fourth-order valence-electron chi connectivity index (χ4n) is 1.30. The van der Waals surface area contributed by atoms with Crippen molar-refractivity contribution < 1.29 is 18.8 Å². The molecule has 0 aromatic heterocycles.